The van der Waals surface area contributed by atoms with Gasteiger partial charge in [-0.1, -0.05) is 53.8 Å². The first kappa shape index (κ1) is 21.5. The van der Waals surface area contributed by atoms with E-state index in [1.807, 2.05) is 6.07 Å². The Bertz CT molecular complexity index is 1150. The molecule has 3 aromatic rings. The molecular weight excluding hydrogens is 450 g/mol. The Morgan fingerprint density at radius 3 is 2.97 bits per heavy atom. The molecule has 3 heterocycles. The summed E-state index contributed by atoms with van der Waals surface area (Å²) in [4.78, 5) is 32.2. The Labute approximate surface area is 193 Å². The average molecular weight is 470 g/mol. The lowest BCUT2D eigenvalue weighted by molar-refractivity contribution is -0.122. The van der Waals surface area contributed by atoms with Crippen LogP contribution in [-0.2, 0) is 16.0 Å². The molecule has 31 heavy (non-hydrogen) atoms. The highest BCUT2D eigenvalue weighted by Gasteiger charge is 2.32. The van der Waals surface area contributed by atoms with Crippen molar-refractivity contribution in [2.75, 3.05) is 11.9 Å². The molecule has 1 fully saturated rings. The predicted molar refractivity (Wildman–Crippen MR) is 128 cm³/mol. The zero-order valence-electron chi connectivity index (χ0n) is 16.7. The van der Waals surface area contributed by atoms with Gasteiger partial charge in [0.1, 0.15) is 10.1 Å². The maximum atomic E-state index is 12.6. The number of nitrogens with one attached hydrogen (secondary N) is 1. The zero-order chi connectivity index (χ0) is 21.8. The first-order chi connectivity index (χ1) is 15.0. The third-order valence-electron chi connectivity index (χ3n) is 4.51. The van der Waals surface area contributed by atoms with Crippen molar-refractivity contribution in [3.63, 3.8) is 0 Å². The summed E-state index contributed by atoms with van der Waals surface area (Å²) in [5, 5.41) is 3.36. The van der Waals surface area contributed by atoms with Gasteiger partial charge in [-0.25, -0.2) is 4.98 Å². The molecular formula is C22H19N3O3S3. The van der Waals surface area contributed by atoms with Crippen molar-refractivity contribution >= 4 is 62.7 Å². The molecule has 6 nitrogen and oxygen atoms in total. The van der Waals surface area contributed by atoms with Gasteiger partial charge in [0.25, 0.3) is 5.91 Å². The van der Waals surface area contributed by atoms with E-state index in [2.05, 4.69) is 35.4 Å². The summed E-state index contributed by atoms with van der Waals surface area (Å²) in [6, 6.07) is 11.8. The Kier molecular flexibility index (Phi) is 6.64. The van der Waals surface area contributed by atoms with Crippen LogP contribution >= 0.6 is 35.3 Å². The number of aryl methyl sites for hydroxylation is 1. The van der Waals surface area contributed by atoms with E-state index in [1.54, 1.807) is 30.7 Å². The van der Waals surface area contributed by atoms with Gasteiger partial charge in [0.2, 0.25) is 5.91 Å². The van der Waals surface area contributed by atoms with Gasteiger partial charge in [0.05, 0.1) is 11.2 Å². The van der Waals surface area contributed by atoms with Gasteiger partial charge in [-0.3, -0.25) is 14.5 Å². The van der Waals surface area contributed by atoms with Crippen molar-refractivity contribution in [1.82, 2.24) is 9.88 Å². The predicted octanol–water partition coefficient (Wildman–Crippen LogP) is 4.87. The fourth-order valence-electron chi connectivity index (χ4n) is 3.06. The summed E-state index contributed by atoms with van der Waals surface area (Å²) in [5.41, 5.74) is 2.42. The Hall–Kier alpha value is -2.75. The zero-order valence-corrected chi connectivity index (χ0v) is 19.1. The number of nitrogens with zero attached hydrogens (tertiary/aromatic N) is 2. The van der Waals surface area contributed by atoms with Crippen molar-refractivity contribution in [3.8, 4) is 0 Å². The number of furan rings is 1. The number of thiocarbonyl (C=S) groups is 1. The lowest BCUT2D eigenvalue weighted by Crippen LogP contribution is -2.31. The van der Waals surface area contributed by atoms with Crippen molar-refractivity contribution in [2.24, 2.45) is 0 Å². The third kappa shape index (κ3) is 5.49. The maximum Gasteiger partial charge on any atom is 0.266 e. The Balaban J connectivity index is 1.30. The normalized spacial score (nSPS) is 15.1. The van der Waals surface area contributed by atoms with Crippen LogP contribution in [0.2, 0.25) is 0 Å². The number of thiazole rings is 1. The molecule has 1 aromatic carbocycles. The molecule has 0 spiro atoms. The molecule has 0 unspecified atom stereocenters. The number of hydrogen-bond donors (Lipinski definition) is 1. The molecule has 2 aromatic heterocycles. The molecule has 1 aliphatic rings. The summed E-state index contributed by atoms with van der Waals surface area (Å²) in [7, 11) is 0. The second-order valence-corrected chi connectivity index (χ2v) is 9.74. The number of hydrogen-bond acceptors (Lipinski definition) is 7. The summed E-state index contributed by atoms with van der Waals surface area (Å²) in [6.45, 7) is 2.28. The van der Waals surface area contributed by atoms with Gasteiger partial charge in [-0.2, -0.15) is 0 Å². The van der Waals surface area contributed by atoms with E-state index in [-0.39, 0.29) is 24.8 Å². The fraction of sp³-hybridized carbons (Fsp3) is 0.182. The number of aromatic nitrogens is 1. The highest BCUT2D eigenvalue weighted by Crippen LogP contribution is 2.32. The molecule has 1 N–H and O–H groups in total. The number of carbonyl (C=O) groups is 2. The van der Waals surface area contributed by atoms with E-state index in [1.165, 1.54) is 39.1 Å². The standard InChI is InChI=1S/C22H19N3O3S3/c1-14-4-2-5-15(10-14)11-17-13-23-21(30-17)24-19(26)7-8-25-20(27)18(31-22(25)29)12-16-6-3-9-28-16/h2-6,9-10,12-13H,7-8,11H2,1H3,(H,23,24,26)/b18-12+. The van der Waals surface area contributed by atoms with Crippen LogP contribution in [0.3, 0.4) is 0 Å². The van der Waals surface area contributed by atoms with Crippen LogP contribution in [0.25, 0.3) is 6.08 Å². The highest BCUT2D eigenvalue weighted by molar-refractivity contribution is 8.26. The second kappa shape index (κ2) is 9.59. The van der Waals surface area contributed by atoms with Gasteiger partial charge in [0, 0.05) is 36.5 Å². The second-order valence-electron chi connectivity index (χ2n) is 6.94. The quantitative estimate of drug-likeness (QED) is 0.393. The van der Waals surface area contributed by atoms with Crippen LogP contribution in [-0.4, -0.2) is 32.6 Å². The monoisotopic (exact) mass is 469 g/mol. The SMILES string of the molecule is Cc1cccc(Cc2cnc(NC(=O)CCN3C(=O)/C(=C\c4ccco4)SC3=S)s2)c1. The molecule has 1 saturated heterocycles. The van der Waals surface area contributed by atoms with E-state index in [9.17, 15) is 9.59 Å². The van der Waals surface area contributed by atoms with Gasteiger partial charge < -0.3 is 9.73 Å². The summed E-state index contributed by atoms with van der Waals surface area (Å²) < 4.78 is 5.69. The van der Waals surface area contributed by atoms with Crippen molar-refractivity contribution in [3.05, 3.63) is 75.5 Å². The van der Waals surface area contributed by atoms with Gasteiger partial charge in [-0.15, -0.1) is 11.3 Å². The summed E-state index contributed by atoms with van der Waals surface area (Å²) in [5.74, 6) is 0.165. The van der Waals surface area contributed by atoms with Crippen LogP contribution in [0, 0.1) is 6.92 Å². The van der Waals surface area contributed by atoms with Crippen LogP contribution in [0.15, 0.2) is 58.2 Å². The van der Waals surface area contributed by atoms with Crippen molar-refractivity contribution < 1.29 is 14.0 Å². The number of anilines is 1. The molecule has 2 amide bonds. The molecule has 0 saturated carbocycles. The van der Waals surface area contributed by atoms with Crippen molar-refractivity contribution in [1.29, 1.82) is 0 Å². The minimum absolute atomic E-state index is 0.132. The van der Waals surface area contributed by atoms with Crippen molar-refractivity contribution in [2.45, 2.75) is 19.8 Å². The largest absolute Gasteiger partial charge is 0.465 e. The van der Waals surface area contributed by atoms with E-state index in [0.717, 1.165) is 11.3 Å². The van der Waals surface area contributed by atoms with Crippen LogP contribution in [0.5, 0.6) is 0 Å². The maximum absolute atomic E-state index is 12.6. The average Bonchev–Trinajstić information content (AvgIpc) is 3.44. The number of benzene rings is 1. The smallest absolute Gasteiger partial charge is 0.266 e. The number of carbonyl (C=O) groups excluding carboxylic acids is 2. The molecule has 0 radical (unpaired) electrons. The first-order valence-electron chi connectivity index (χ1n) is 9.57. The van der Waals surface area contributed by atoms with E-state index in [4.69, 9.17) is 16.6 Å². The van der Waals surface area contributed by atoms with E-state index in [0.29, 0.717) is 20.1 Å². The lowest BCUT2D eigenvalue weighted by Gasteiger charge is -2.13. The lowest BCUT2D eigenvalue weighted by atomic mass is 10.1. The van der Waals surface area contributed by atoms with Crippen LogP contribution in [0.4, 0.5) is 5.13 Å². The molecule has 0 atom stereocenters. The minimum atomic E-state index is -0.214. The third-order valence-corrected chi connectivity index (χ3v) is 6.80. The van der Waals surface area contributed by atoms with Gasteiger partial charge >= 0.3 is 0 Å². The number of amides is 2. The Morgan fingerprint density at radius 1 is 1.32 bits per heavy atom. The molecule has 0 aliphatic carbocycles. The number of rotatable bonds is 7. The number of thioether (sulfide) groups is 1. The van der Waals surface area contributed by atoms with Crippen LogP contribution < -0.4 is 5.32 Å². The highest BCUT2D eigenvalue weighted by atomic mass is 32.2. The minimum Gasteiger partial charge on any atom is -0.465 e. The van der Waals surface area contributed by atoms with Gasteiger partial charge in [0.15, 0.2) is 5.13 Å². The van der Waals surface area contributed by atoms with Crippen LogP contribution in [0.1, 0.15) is 28.2 Å². The Morgan fingerprint density at radius 2 is 2.19 bits per heavy atom. The molecule has 4 rings (SSSR count). The molecule has 0 bridgehead atoms. The molecule has 9 heteroatoms. The first-order valence-corrected chi connectivity index (χ1v) is 11.6. The van der Waals surface area contributed by atoms with E-state index < -0.39 is 0 Å². The summed E-state index contributed by atoms with van der Waals surface area (Å²) >= 11 is 7.96. The molecule has 158 valence electrons. The molecule has 1 aliphatic heterocycles. The topological polar surface area (TPSA) is 75.4 Å². The van der Waals surface area contributed by atoms with Gasteiger partial charge in [-0.05, 0) is 24.6 Å². The fourth-order valence-corrected chi connectivity index (χ4v) is 5.21. The van der Waals surface area contributed by atoms with E-state index >= 15 is 0 Å². The summed E-state index contributed by atoms with van der Waals surface area (Å²) in [6.07, 6.45) is 5.89.